The van der Waals surface area contributed by atoms with Gasteiger partial charge in [0.1, 0.15) is 11.6 Å². The molecule has 1 aromatic carbocycles. The third kappa shape index (κ3) is 1.85. The van der Waals surface area contributed by atoms with Crippen molar-refractivity contribution < 1.29 is 19.0 Å². The van der Waals surface area contributed by atoms with Gasteiger partial charge in [-0.1, -0.05) is 11.6 Å². The number of benzene rings is 1. The van der Waals surface area contributed by atoms with E-state index >= 15 is 0 Å². The van der Waals surface area contributed by atoms with Crippen molar-refractivity contribution in [2.24, 2.45) is 0 Å². The van der Waals surface area contributed by atoms with Crippen LogP contribution in [-0.2, 0) is 10.2 Å². The fraction of sp³-hybridized carbons (Fsp3) is 0.462. The van der Waals surface area contributed by atoms with E-state index in [2.05, 4.69) is 0 Å². The fourth-order valence-corrected chi connectivity index (χ4v) is 2.36. The molecule has 5 heteroatoms. The summed E-state index contributed by atoms with van der Waals surface area (Å²) in [4.78, 5) is 11.3. The molecule has 96 valence electrons. The molecule has 2 fully saturated rings. The third-order valence-electron chi connectivity index (χ3n) is 3.49. The van der Waals surface area contributed by atoms with Crippen LogP contribution < -0.4 is 4.74 Å². The van der Waals surface area contributed by atoms with E-state index in [1.165, 1.54) is 12.1 Å². The van der Waals surface area contributed by atoms with Crippen molar-refractivity contribution in [3.05, 3.63) is 28.5 Å². The summed E-state index contributed by atoms with van der Waals surface area (Å²) in [5.74, 6) is -1.11. The summed E-state index contributed by atoms with van der Waals surface area (Å²) in [6.45, 7) is 0. The van der Waals surface area contributed by atoms with Crippen molar-refractivity contribution in [1.82, 2.24) is 0 Å². The van der Waals surface area contributed by atoms with E-state index in [0.29, 0.717) is 24.2 Å². The van der Waals surface area contributed by atoms with E-state index in [9.17, 15) is 14.3 Å². The van der Waals surface area contributed by atoms with Gasteiger partial charge < -0.3 is 9.84 Å². The molecule has 1 aromatic rings. The average Bonchev–Trinajstić information content (AvgIpc) is 3.13. The SMILES string of the molecule is O=C(O)C1(c2cc(F)cc(Cl)c2OC2CC2)CC1. The summed E-state index contributed by atoms with van der Waals surface area (Å²) >= 11 is 5.99. The molecule has 18 heavy (non-hydrogen) atoms. The van der Waals surface area contributed by atoms with Crippen molar-refractivity contribution in [2.45, 2.75) is 37.2 Å². The van der Waals surface area contributed by atoms with Gasteiger partial charge in [-0.2, -0.15) is 0 Å². The lowest BCUT2D eigenvalue weighted by molar-refractivity contribution is -0.140. The van der Waals surface area contributed by atoms with Gasteiger partial charge in [0.2, 0.25) is 0 Å². The molecule has 2 saturated carbocycles. The Bertz CT molecular complexity index is 521. The number of hydrogen-bond acceptors (Lipinski definition) is 2. The molecule has 0 unspecified atom stereocenters. The molecule has 0 aromatic heterocycles. The van der Waals surface area contributed by atoms with Crippen LogP contribution in [0.3, 0.4) is 0 Å². The third-order valence-corrected chi connectivity index (χ3v) is 3.77. The molecule has 3 nitrogen and oxygen atoms in total. The molecule has 3 rings (SSSR count). The summed E-state index contributed by atoms with van der Waals surface area (Å²) in [7, 11) is 0. The van der Waals surface area contributed by atoms with Crippen LogP contribution in [0.15, 0.2) is 12.1 Å². The minimum absolute atomic E-state index is 0.0938. The highest BCUT2D eigenvalue weighted by Gasteiger charge is 2.54. The van der Waals surface area contributed by atoms with E-state index < -0.39 is 17.2 Å². The van der Waals surface area contributed by atoms with E-state index in [1.807, 2.05) is 0 Å². The molecule has 0 radical (unpaired) electrons. The predicted molar refractivity (Wildman–Crippen MR) is 63.6 cm³/mol. The molecule has 0 heterocycles. The Labute approximate surface area is 109 Å². The zero-order valence-electron chi connectivity index (χ0n) is 9.58. The topological polar surface area (TPSA) is 46.5 Å². The summed E-state index contributed by atoms with van der Waals surface area (Å²) in [5, 5.41) is 9.45. The number of carboxylic acids is 1. The highest BCUT2D eigenvalue weighted by molar-refractivity contribution is 6.32. The lowest BCUT2D eigenvalue weighted by Crippen LogP contribution is -2.21. The number of carbonyl (C=O) groups is 1. The molecule has 0 spiro atoms. The smallest absolute Gasteiger partial charge is 0.314 e. The molecule has 0 atom stereocenters. The molecule has 2 aliphatic rings. The Kier molecular flexibility index (Phi) is 2.52. The summed E-state index contributed by atoms with van der Waals surface area (Å²) < 4.78 is 19.1. The van der Waals surface area contributed by atoms with Crippen LogP contribution in [0.2, 0.25) is 5.02 Å². The van der Waals surface area contributed by atoms with Gasteiger partial charge in [0, 0.05) is 5.56 Å². The first-order chi connectivity index (χ1) is 8.53. The second-order valence-electron chi connectivity index (χ2n) is 4.97. The standard InChI is InChI=1S/C13H12ClFO3/c14-10-6-7(15)5-9(11(10)18-8-1-2-8)13(3-4-13)12(16)17/h5-6,8H,1-4H2,(H,16,17). The fourth-order valence-electron chi connectivity index (χ4n) is 2.11. The Morgan fingerprint density at radius 1 is 1.44 bits per heavy atom. The normalized spacial score (nSPS) is 20.6. The van der Waals surface area contributed by atoms with Gasteiger partial charge in [0.25, 0.3) is 0 Å². The molecule has 0 aliphatic heterocycles. The van der Waals surface area contributed by atoms with Crippen LogP contribution in [0.1, 0.15) is 31.2 Å². The average molecular weight is 271 g/mol. The van der Waals surface area contributed by atoms with Crippen molar-refractivity contribution in [1.29, 1.82) is 0 Å². The molecule has 0 saturated heterocycles. The van der Waals surface area contributed by atoms with Crippen LogP contribution in [-0.4, -0.2) is 17.2 Å². The van der Waals surface area contributed by atoms with Gasteiger partial charge in [-0.3, -0.25) is 4.79 Å². The Balaban J connectivity index is 2.08. The quantitative estimate of drug-likeness (QED) is 0.914. The van der Waals surface area contributed by atoms with Crippen LogP contribution in [0.4, 0.5) is 4.39 Å². The van der Waals surface area contributed by atoms with Crippen molar-refractivity contribution in [2.75, 3.05) is 0 Å². The summed E-state index contributed by atoms with van der Waals surface area (Å²) in [5.41, 5.74) is -0.623. The van der Waals surface area contributed by atoms with Crippen LogP contribution in [0, 0.1) is 5.82 Å². The molecular formula is C13H12ClFO3. The molecular weight excluding hydrogens is 259 g/mol. The van der Waals surface area contributed by atoms with Crippen molar-refractivity contribution in [3.63, 3.8) is 0 Å². The highest BCUT2D eigenvalue weighted by atomic mass is 35.5. The monoisotopic (exact) mass is 270 g/mol. The Morgan fingerprint density at radius 2 is 2.11 bits per heavy atom. The van der Waals surface area contributed by atoms with Gasteiger partial charge in [-0.15, -0.1) is 0 Å². The Hall–Kier alpha value is -1.29. The summed E-state index contributed by atoms with van der Waals surface area (Å²) in [6, 6.07) is 2.41. The zero-order valence-corrected chi connectivity index (χ0v) is 10.3. The van der Waals surface area contributed by atoms with Crippen molar-refractivity contribution >= 4 is 17.6 Å². The zero-order chi connectivity index (χ0) is 12.9. The minimum Gasteiger partial charge on any atom is -0.489 e. The van der Waals surface area contributed by atoms with Crippen LogP contribution >= 0.6 is 11.6 Å². The number of rotatable bonds is 4. The number of ether oxygens (including phenoxy) is 1. The first-order valence-electron chi connectivity index (χ1n) is 5.92. The van der Waals surface area contributed by atoms with Gasteiger partial charge in [-0.05, 0) is 37.8 Å². The van der Waals surface area contributed by atoms with Crippen molar-refractivity contribution in [3.8, 4) is 5.75 Å². The minimum atomic E-state index is -1.00. The Morgan fingerprint density at radius 3 is 2.61 bits per heavy atom. The number of hydrogen-bond donors (Lipinski definition) is 1. The highest BCUT2D eigenvalue weighted by Crippen LogP contribution is 2.53. The first kappa shape index (κ1) is 11.8. The van der Waals surface area contributed by atoms with Crippen LogP contribution in [0.5, 0.6) is 5.75 Å². The molecule has 1 N–H and O–H groups in total. The van der Waals surface area contributed by atoms with E-state index in [0.717, 1.165) is 12.8 Å². The number of carboxylic acid groups (broad SMARTS) is 1. The maximum Gasteiger partial charge on any atom is 0.314 e. The summed E-state index contributed by atoms with van der Waals surface area (Å²) in [6.07, 6.45) is 2.98. The molecule has 0 amide bonds. The maximum atomic E-state index is 13.4. The van der Waals surface area contributed by atoms with Gasteiger partial charge >= 0.3 is 5.97 Å². The van der Waals surface area contributed by atoms with E-state index in [1.54, 1.807) is 0 Å². The lowest BCUT2D eigenvalue weighted by atomic mass is 9.95. The van der Waals surface area contributed by atoms with Gasteiger partial charge in [-0.25, -0.2) is 4.39 Å². The number of halogens is 2. The van der Waals surface area contributed by atoms with E-state index in [-0.39, 0.29) is 11.1 Å². The number of aliphatic carboxylic acids is 1. The molecule has 0 bridgehead atoms. The second kappa shape index (κ2) is 3.85. The lowest BCUT2D eigenvalue weighted by Gasteiger charge is -2.17. The molecule has 2 aliphatic carbocycles. The van der Waals surface area contributed by atoms with Gasteiger partial charge in [0.15, 0.2) is 0 Å². The van der Waals surface area contributed by atoms with Gasteiger partial charge in [0.05, 0.1) is 16.5 Å². The predicted octanol–water partition coefficient (Wildman–Crippen LogP) is 3.14. The second-order valence-corrected chi connectivity index (χ2v) is 5.38. The first-order valence-corrected chi connectivity index (χ1v) is 6.30. The van der Waals surface area contributed by atoms with E-state index in [4.69, 9.17) is 16.3 Å². The van der Waals surface area contributed by atoms with Crippen LogP contribution in [0.25, 0.3) is 0 Å². The maximum absolute atomic E-state index is 13.4. The largest absolute Gasteiger partial charge is 0.489 e.